The molecule has 1 aromatic carbocycles. The molecule has 0 N–H and O–H groups in total. The number of hydrogen-bond acceptors (Lipinski definition) is 1. The summed E-state index contributed by atoms with van der Waals surface area (Å²) in [5, 5.41) is 9.31. The predicted molar refractivity (Wildman–Crippen MR) is 62.7 cm³/mol. The van der Waals surface area contributed by atoms with E-state index in [1.165, 1.54) is 19.2 Å². The van der Waals surface area contributed by atoms with Crippen LogP contribution in [0.2, 0.25) is 10.0 Å². The van der Waals surface area contributed by atoms with Crippen LogP contribution in [0, 0.1) is 11.3 Å². The van der Waals surface area contributed by atoms with E-state index < -0.39 is 17.4 Å². The Hall–Kier alpha value is -1.38. The standard InChI is InChI=1S/C11H5Cl2F3N2/c1-18-9-3-8(13)7(12)2-5(9)6(4-17)10(18)11(14,15)16/h2-3H,1H3. The van der Waals surface area contributed by atoms with Gasteiger partial charge in [-0.25, -0.2) is 0 Å². The maximum Gasteiger partial charge on any atom is 0.432 e. The molecule has 2 rings (SSSR count). The van der Waals surface area contributed by atoms with E-state index in [2.05, 4.69) is 0 Å². The molecule has 0 saturated carbocycles. The van der Waals surface area contributed by atoms with Gasteiger partial charge in [0.2, 0.25) is 0 Å². The van der Waals surface area contributed by atoms with Crippen molar-refractivity contribution in [2.45, 2.75) is 6.18 Å². The number of benzene rings is 1. The van der Waals surface area contributed by atoms with Gasteiger partial charge in [-0.15, -0.1) is 0 Å². The van der Waals surface area contributed by atoms with Gasteiger partial charge in [0.1, 0.15) is 11.8 Å². The molecule has 0 radical (unpaired) electrons. The number of nitriles is 1. The normalized spacial score (nSPS) is 11.8. The molecule has 0 unspecified atom stereocenters. The molecule has 0 aliphatic carbocycles. The molecule has 2 nitrogen and oxygen atoms in total. The molecule has 0 spiro atoms. The summed E-state index contributed by atoms with van der Waals surface area (Å²) in [5.41, 5.74) is -1.23. The van der Waals surface area contributed by atoms with Gasteiger partial charge in [-0.2, -0.15) is 18.4 Å². The molecular formula is C11H5Cl2F3N2. The lowest BCUT2D eigenvalue weighted by atomic mass is 10.1. The number of rotatable bonds is 0. The highest BCUT2D eigenvalue weighted by atomic mass is 35.5. The summed E-state index contributed by atoms with van der Waals surface area (Å²) in [6.45, 7) is 0. The minimum Gasteiger partial charge on any atom is -0.339 e. The van der Waals surface area contributed by atoms with E-state index in [9.17, 15) is 13.2 Å². The van der Waals surface area contributed by atoms with E-state index >= 15 is 0 Å². The van der Waals surface area contributed by atoms with Crippen LogP contribution in [0.25, 0.3) is 10.9 Å². The topological polar surface area (TPSA) is 28.7 Å². The highest BCUT2D eigenvalue weighted by Gasteiger charge is 2.38. The van der Waals surface area contributed by atoms with Crippen LogP contribution < -0.4 is 0 Å². The van der Waals surface area contributed by atoms with Gasteiger partial charge in [0.05, 0.1) is 21.1 Å². The monoisotopic (exact) mass is 292 g/mol. The first-order valence-electron chi connectivity index (χ1n) is 4.72. The van der Waals surface area contributed by atoms with Crippen LogP contribution >= 0.6 is 23.2 Å². The van der Waals surface area contributed by atoms with Gasteiger partial charge in [-0.05, 0) is 12.1 Å². The fourth-order valence-corrected chi connectivity index (χ4v) is 2.20. The molecule has 0 bridgehead atoms. The summed E-state index contributed by atoms with van der Waals surface area (Å²) in [5.74, 6) is 0. The average Bonchev–Trinajstić information content (AvgIpc) is 2.52. The van der Waals surface area contributed by atoms with Crippen LogP contribution in [-0.4, -0.2) is 4.57 Å². The van der Waals surface area contributed by atoms with Gasteiger partial charge in [0.15, 0.2) is 0 Å². The first kappa shape index (κ1) is 13.1. The van der Waals surface area contributed by atoms with Gasteiger partial charge in [-0.1, -0.05) is 23.2 Å². The summed E-state index contributed by atoms with van der Waals surface area (Å²) in [4.78, 5) is 0. The smallest absolute Gasteiger partial charge is 0.339 e. The number of aromatic nitrogens is 1. The van der Waals surface area contributed by atoms with Crippen molar-refractivity contribution in [1.82, 2.24) is 4.57 Å². The summed E-state index contributed by atoms with van der Waals surface area (Å²) >= 11 is 11.5. The third kappa shape index (κ3) is 1.82. The van der Waals surface area contributed by atoms with Crippen molar-refractivity contribution in [1.29, 1.82) is 5.26 Å². The van der Waals surface area contributed by atoms with Crippen LogP contribution in [0.5, 0.6) is 0 Å². The summed E-state index contributed by atoms with van der Waals surface area (Å²) in [7, 11) is 1.23. The van der Waals surface area contributed by atoms with E-state index in [1.807, 2.05) is 0 Å². The molecule has 0 saturated heterocycles. The van der Waals surface area contributed by atoms with E-state index in [4.69, 9.17) is 28.5 Å². The quantitative estimate of drug-likeness (QED) is 0.708. The zero-order valence-corrected chi connectivity index (χ0v) is 10.5. The largest absolute Gasteiger partial charge is 0.432 e. The minimum atomic E-state index is -4.61. The molecule has 2 aromatic rings. The second-order valence-electron chi connectivity index (χ2n) is 3.68. The van der Waals surface area contributed by atoms with Gasteiger partial charge < -0.3 is 4.57 Å². The van der Waals surface area contributed by atoms with Crippen molar-refractivity contribution in [2.75, 3.05) is 0 Å². The molecule has 7 heteroatoms. The minimum absolute atomic E-state index is 0.111. The number of aryl methyl sites for hydroxylation is 1. The number of hydrogen-bond donors (Lipinski definition) is 0. The molecular weight excluding hydrogens is 288 g/mol. The molecule has 1 aromatic heterocycles. The van der Waals surface area contributed by atoms with Crippen molar-refractivity contribution in [2.24, 2.45) is 7.05 Å². The zero-order chi connectivity index (χ0) is 13.7. The Morgan fingerprint density at radius 3 is 2.28 bits per heavy atom. The first-order chi connectivity index (χ1) is 8.27. The van der Waals surface area contributed by atoms with Crippen molar-refractivity contribution in [3.05, 3.63) is 33.4 Å². The molecule has 0 amide bonds. The van der Waals surface area contributed by atoms with E-state index in [0.29, 0.717) is 0 Å². The maximum absolute atomic E-state index is 12.9. The van der Waals surface area contributed by atoms with Crippen molar-refractivity contribution < 1.29 is 13.2 Å². The van der Waals surface area contributed by atoms with Crippen LogP contribution in [0.15, 0.2) is 12.1 Å². The molecule has 94 valence electrons. The fourth-order valence-electron chi connectivity index (χ4n) is 1.87. The van der Waals surface area contributed by atoms with E-state index in [-0.39, 0.29) is 20.9 Å². The van der Waals surface area contributed by atoms with E-state index in [0.717, 1.165) is 4.57 Å². The average molecular weight is 293 g/mol. The van der Waals surface area contributed by atoms with Crippen LogP contribution in [0.1, 0.15) is 11.3 Å². The van der Waals surface area contributed by atoms with Crippen molar-refractivity contribution in [3.8, 4) is 6.07 Å². The Balaban J connectivity index is 2.98. The lowest BCUT2D eigenvalue weighted by Crippen LogP contribution is -2.12. The van der Waals surface area contributed by atoms with Crippen LogP contribution in [0.4, 0.5) is 13.2 Å². The maximum atomic E-state index is 12.9. The third-order valence-corrected chi connectivity index (χ3v) is 3.34. The van der Waals surface area contributed by atoms with Crippen LogP contribution in [0.3, 0.4) is 0 Å². The third-order valence-electron chi connectivity index (χ3n) is 2.62. The van der Waals surface area contributed by atoms with Crippen molar-refractivity contribution in [3.63, 3.8) is 0 Å². The SMILES string of the molecule is Cn1c(C(F)(F)F)c(C#N)c2cc(Cl)c(Cl)cc21. The highest BCUT2D eigenvalue weighted by molar-refractivity contribution is 6.42. The Morgan fingerprint density at radius 1 is 1.22 bits per heavy atom. The van der Waals surface area contributed by atoms with Crippen molar-refractivity contribution >= 4 is 34.1 Å². The lowest BCUT2D eigenvalue weighted by Gasteiger charge is -2.08. The Labute approximate surface area is 110 Å². The Bertz CT molecular complexity index is 680. The number of alkyl halides is 3. The summed E-state index contributed by atoms with van der Waals surface area (Å²) < 4.78 is 39.6. The highest BCUT2D eigenvalue weighted by Crippen LogP contribution is 2.39. The number of halogens is 5. The molecule has 0 fully saturated rings. The molecule has 0 atom stereocenters. The summed E-state index contributed by atoms with van der Waals surface area (Å²) in [6, 6.07) is 4.16. The molecule has 18 heavy (non-hydrogen) atoms. The summed E-state index contributed by atoms with van der Waals surface area (Å²) in [6.07, 6.45) is -4.61. The van der Waals surface area contributed by atoms with E-state index in [1.54, 1.807) is 6.07 Å². The molecule has 1 heterocycles. The number of fused-ring (bicyclic) bond motifs is 1. The first-order valence-corrected chi connectivity index (χ1v) is 5.47. The van der Waals surface area contributed by atoms with Gasteiger partial charge >= 0.3 is 6.18 Å². The van der Waals surface area contributed by atoms with Gasteiger partial charge in [-0.3, -0.25) is 0 Å². The van der Waals surface area contributed by atoms with Gasteiger partial charge in [0, 0.05) is 12.4 Å². The van der Waals surface area contributed by atoms with Gasteiger partial charge in [0.25, 0.3) is 0 Å². The second kappa shape index (κ2) is 4.08. The second-order valence-corrected chi connectivity index (χ2v) is 4.49. The molecule has 0 aliphatic heterocycles. The predicted octanol–water partition coefficient (Wildman–Crippen LogP) is 4.38. The number of nitrogens with zero attached hydrogens (tertiary/aromatic N) is 2. The zero-order valence-electron chi connectivity index (χ0n) is 8.94. The Morgan fingerprint density at radius 2 is 1.78 bits per heavy atom. The fraction of sp³-hybridized carbons (Fsp3) is 0.182. The van der Waals surface area contributed by atoms with Crippen LogP contribution in [-0.2, 0) is 13.2 Å². The Kier molecular flexibility index (Phi) is 2.96. The molecule has 0 aliphatic rings. The lowest BCUT2D eigenvalue weighted by molar-refractivity contribution is -0.143.